The van der Waals surface area contributed by atoms with Crippen LogP contribution in [0.25, 0.3) is 0 Å². The monoisotopic (exact) mass is 268 g/mol. The van der Waals surface area contributed by atoms with Crippen molar-refractivity contribution in [1.29, 1.82) is 0 Å². The summed E-state index contributed by atoms with van der Waals surface area (Å²) in [6, 6.07) is 3.06. The lowest BCUT2D eigenvalue weighted by molar-refractivity contribution is 0.0697. The van der Waals surface area contributed by atoms with Crippen molar-refractivity contribution >= 4 is 11.8 Å². The van der Waals surface area contributed by atoms with Gasteiger partial charge in [0, 0.05) is 40.1 Å². The van der Waals surface area contributed by atoms with Crippen LogP contribution in [0.3, 0.4) is 0 Å². The smallest absolute Gasteiger partial charge is 0.335 e. The van der Waals surface area contributed by atoms with Gasteiger partial charge >= 0.3 is 5.97 Å². The van der Waals surface area contributed by atoms with Crippen molar-refractivity contribution in [3.63, 3.8) is 0 Å². The molecule has 0 saturated carbocycles. The molecule has 106 valence electrons. The second-order valence-corrected chi connectivity index (χ2v) is 4.03. The number of carboxylic acid groups (broad SMARTS) is 1. The molecular formula is C13H20N2O4. The first-order valence-corrected chi connectivity index (χ1v) is 6.11. The molecule has 0 radical (unpaired) electrons. The van der Waals surface area contributed by atoms with Crippen LogP contribution in [0.1, 0.15) is 16.8 Å². The molecule has 0 bridgehead atoms. The third-order valence-electron chi connectivity index (χ3n) is 2.66. The van der Waals surface area contributed by atoms with Crippen molar-refractivity contribution in [2.75, 3.05) is 45.4 Å². The summed E-state index contributed by atoms with van der Waals surface area (Å²) in [6.07, 6.45) is 2.36. The fraction of sp³-hybridized carbons (Fsp3) is 0.538. The van der Waals surface area contributed by atoms with Crippen molar-refractivity contribution < 1.29 is 19.4 Å². The molecule has 1 aromatic heterocycles. The van der Waals surface area contributed by atoms with E-state index in [4.69, 9.17) is 14.6 Å². The van der Waals surface area contributed by atoms with Crippen LogP contribution in [-0.4, -0.2) is 56.6 Å². The lowest BCUT2D eigenvalue weighted by Gasteiger charge is -2.23. The van der Waals surface area contributed by atoms with Crippen LogP contribution >= 0.6 is 0 Å². The van der Waals surface area contributed by atoms with Gasteiger partial charge in [0.1, 0.15) is 5.82 Å². The number of rotatable bonds is 9. The predicted octanol–water partition coefficient (Wildman–Crippen LogP) is 1.27. The zero-order valence-electron chi connectivity index (χ0n) is 11.3. The molecule has 0 atom stereocenters. The topological polar surface area (TPSA) is 71.9 Å². The molecule has 1 heterocycles. The summed E-state index contributed by atoms with van der Waals surface area (Å²) in [6.45, 7) is 2.62. The summed E-state index contributed by atoms with van der Waals surface area (Å²) in [5.41, 5.74) is 0.235. The Bertz CT molecular complexity index is 398. The third kappa shape index (κ3) is 5.23. The Kier molecular flexibility index (Phi) is 6.84. The number of hydrogen-bond acceptors (Lipinski definition) is 5. The maximum absolute atomic E-state index is 11.0. The fourth-order valence-corrected chi connectivity index (χ4v) is 1.67. The number of nitrogens with zero attached hydrogens (tertiary/aromatic N) is 2. The van der Waals surface area contributed by atoms with Crippen LogP contribution in [0.5, 0.6) is 0 Å². The highest BCUT2D eigenvalue weighted by Gasteiger charge is 2.10. The summed E-state index contributed by atoms with van der Waals surface area (Å²) in [5, 5.41) is 8.99. The lowest BCUT2D eigenvalue weighted by Crippen LogP contribution is -2.30. The summed E-state index contributed by atoms with van der Waals surface area (Å²) in [4.78, 5) is 17.2. The third-order valence-corrected chi connectivity index (χ3v) is 2.66. The Morgan fingerprint density at radius 1 is 1.32 bits per heavy atom. The van der Waals surface area contributed by atoms with E-state index in [-0.39, 0.29) is 5.56 Å². The summed E-state index contributed by atoms with van der Waals surface area (Å²) >= 11 is 0. The van der Waals surface area contributed by atoms with Crippen LogP contribution < -0.4 is 4.90 Å². The Balaban J connectivity index is 2.76. The number of ether oxygens (including phenoxy) is 2. The molecular weight excluding hydrogens is 248 g/mol. The molecule has 0 amide bonds. The van der Waals surface area contributed by atoms with Crippen LogP contribution in [0.15, 0.2) is 18.3 Å². The van der Waals surface area contributed by atoms with Gasteiger partial charge in [0.05, 0.1) is 12.2 Å². The Labute approximate surface area is 113 Å². The molecule has 1 N–H and O–H groups in total. The Hall–Kier alpha value is -1.66. The van der Waals surface area contributed by atoms with Crippen molar-refractivity contribution in [1.82, 2.24) is 4.98 Å². The molecule has 0 unspecified atom stereocenters. The molecule has 6 heteroatoms. The highest BCUT2D eigenvalue weighted by atomic mass is 16.5. The van der Waals surface area contributed by atoms with Crippen LogP contribution in [0.4, 0.5) is 5.82 Å². The quantitative estimate of drug-likeness (QED) is 0.680. The minimum atomic E-state index is -0.952. The van der Waals surface area contributed by atoms with Gasteiger partial charge in [-0.1, -0.05) is 0 Å². The first-order chi connectivity index (χ1) is 9.19. The number of aromatic carboxylic acids is 1. The number of carbonyl (C=O) groups is 1. The molecule has 19 heavy (non-hydrogen) atoms. The van der Waals surface area contributed by atoms with Crippen molar-refractivity contribution in [2.24, 2.45) is 0 Å². The molecule has 6 nitrogen and oxygen atoms in total. The molecule has 0 aliphatic rings. The van der Waals surface area contributed by atoms with E-state index in [0.29, 0.717) is 25.6 Å². The van der Waals surface area contributed by atoms with Gasteiger partial charge in [-0.15, -0.1) is 0 Å². The van der Waals surface area contributed by atoms with Crippen LogP contribution in [0, 0.1) is 0 Å². The van der Waals surface area contributed by atoms with Crippen LogP contribution in [-0.2, 0) is 9.47 Å². The van der Waals surface area contributed by atoms with Crippen molar-refractivity contribution in [2.45, 2.75) is 6.42 Å². The largest absolute Gasteiger partial charge is 0.478 e. The molecule has 1 rings (SSSR count). The maximum Gasteiger partial charge on any atom is 0.335 e. The second kappa shape index (κ2) is 8.44. The molecule has 1 aromatic rings. The second-order valence-electron chi connectivity index (χ2n) is 4.03. The predicted molar refractivity (Wildman–Crippen MR) is 71.8 cm³/mol. The van der Waals surface area contributed by atoms with E-state index in [0.717, 1.165) is 13.0 Å². The highest BCUT2D eigenvalue weighted by molar-refractivity contribution is 5.88. The molecule has 0 aliphatic heterocycles. The molecule has 0 saturated heterocycles. The van der Waals surface area contributed by atoms with Gasteiger partial charge in [-0.3, -0.25) is 0 Å². The summed E-state index contributed by atoms with van der Waals surface area (Å²) in [7, 11) is 3.29. The highest BCUT2D eigenvalue weighted by Crippen LogP contribution is 2.13. The zero-order valence-corrected chi connectivity index (χ0v) is 11.3. The van der Waals surface area contributed by atoms with E-state index in [2.05, 4.69) is 4.98 Å². The van der Waals surface area contributed by atoms with Gasteiger partial charge in [-0.25, -0.2) is 9.78 Å². The average Bonchev–Trinajstić information content (AvgIpc) is 2.43. The van der Waals surface area contributed by atoms with Gasteiger partial charge in [0.25, 0.3) is 0 Å². The number of aromatic nitrogens is 1. The van der Waals surface area contributed by atoms with E-state index in [1.54, 1.807) is 20.3 Å². The fourth-order valence-electron chi connectivity index (χ4n) is 1.67. The van der Waals surface area contributed by atoms with Gasteiger partial charge in [-0.05, 0) is 18.6 Å². The summed E-state index contributed by atoms with van der Waals surface area (Å²) < 4.78 is 10.1. The van der Waals surface area contributed by atoms with E-state index in [1.807, 2.05) is 4.90 Å². The summed E-state index contributed by atoms with van der Waals surface area (Å²) in [5.74, 6) is -0.305. The first kappa shape index (κ1) is 15.4. The minimum Gasteiger partial charge on any atom is -0.478 e. The van der Waals surface area contributed by atoms with Gasteiger partial charge in [-0.2, -0.15) is 0 Å². The molecule has 0 aromatic carbocycles. The first-order valence-electron chi connectivity index (χ1n) is 6.11. The van der Waals surface area contributed by atoms with E-state index in [1.165, 1.54) is 12.3 Å². The van der Waals surface area contributed by atoms with E-state index < -0.39 is 5.97 Å². The van der Waals surface area contributed by atoms with Gasteiger partial charge < -0.3 is 19.5 Å². The van der Waals surface area contributed by atoms with E-state index in [9.17, 15) is 4.79 Å². The number of anilines is 1. The molecule has 0 aliphatic carbocycles. The van der Waals surface area contributed by atoms with Crippen molar-refractivity contribution in [3.05, 3.63) is 23.9 Å². The number of pyridine rings is 1. The normalized spacial score (nSPS) is 10.4. The average molecular weight is 268 g/mol. The number of methoxy groups -OCH3 is 2. The van der Waals surface area contributed by atoms with Gasteiger partial charge in [0.15, 0.2) is 0 Å². The SMILES string of the molecule is COCCCN(CCOC)c1cc(C(=O)O)ccn1. The Morgan fingerprint density at radius 2 is 2.05 bits per heavy atom. The molecule has 0 fully saturated rings. The van der Waals surface area contributed by atoms with Crippen LogP contribution in [0.2, 0.25) is 0 Å². The Morgan fingerprint density at radius 3 is 2.68 bits per heavy atom. The molecule has 0 spiro atoms. The maximum atomic E-state index is 11.0. The van der Waals surface area contributed by atoms with E-state index >= 15 is 0 Å². The minimum absolute atomic E-state index is 0.235. The van der Waals surface area contributed by atoms with Crippen molar-refractivity contribution in [3.8, 4) is 0 Å². The number of hydrogen-bond donors (Lipinski definition) is 1. The number of carboxylic acids is 1. The standard InChI is InChI=1S/C13H20N2O4/c1-18-8-3-6-15(7-9-19-2)12-10-11(13(16)17)4-5-14-12/h4-5,10H,3,6-9H2,1-2H3,(H,16,17). The zero-order chi connectivity index (χ0) is 14.1. The lowest BCUT2D eigenvalue weighted by atomic mass is 10.2. The van der Waals surface area contributed by atoms with Gasteiger partial charge in [0.2, 0.25) is 0 Å².